The van der Waals surface area contributed by atoms with Gasteiger partial charge < -0.3 is 10.1 Å². The van der Waals surface area contributed by atoms with E-state index in [0.717, 1.165) is 0 Å². The van der Waals surface area contributed by atoms with Gasteiger partial charge in [0, 0.05) is 6.20 Å². The van der Waals surface area contributed by atoms with Crippen LogP contribution in [0.5, 0.6) is 5.75 Å². The van der Waals surface area contributed by atoms with Gasteiger partial charge in [0.05, 0.1) is 17.9 Å². The summed E-state index contributed by atoms with van der Waals surface area (Å²) in [5.74, 6) is -0.0846. The summed E-state index contributed by atoms with van der Waals surface area (Å²) in [4.78, 5) is 20.9. The Labute approximate surface area is 66.7 Å². The Bertz CT molecular complexity index is 477. The minimum Gasteiger partial charge on any atom is -0.504 e. The van der Waals surface area contributed by atoms with Gasteiger partial charge in [-0.15, -0.1) is 0 Å². The van der Waals surface area contributed by atoms with Crippen molar-refractivity contribution >= 4 is 10.9 Å². The Balaban J connectivity index is 3.05. The van der Waals surface area contributed by atoms with Gasteiger partial charge in [-0.25, -0.2) is 4.98 Å². The van der Waals surface area contributed by atoms with Crippen LogP contribution in [0.1, 0.15) is 0 Å². The molecule has 0 aliphatic carbocycles. The highest BCUT2D eigenvalue weighted by molar-refractivity contribution is 5.81. The van der Waals surface area contributed by atoms with Crippen LogP contribution in [0.4, 0.5) is 0 Å². The van der Waals surface area contributed by atoms with Gasteiger partial charge in [-0.3, -0.25) is 9.78 Å². The second-order valence-electron chi connectivity index (χ2n) is 2.29. The van der Waals surface area contributed by atoms with Crippen molar-refractivity contribution in [3.05, 3.63) is 29.1 Å². The van der Waals surface area contributed by atoms with Crippen LogP contribution in [0, 0.1) is 0 Å². The van der Waals surface area contributed by atoms with E-state index >= 15 is 0 Å². The number of rotatable bonds is 0. The zero-order chi connectivity index (χ0) is 8.55. The van der Waals surface area contributed by atoms with Gasteiger partial charge in [0.2, 0.25) is 0 Å². The second kappa shape index (κ2) is 2.30. The number of nitrogens with one attached hydrogen (secondary N) is 1. The van der Waals surface area contributed by atoms with Gasteiger partial charge in [0.15, 0.2) is 5.75 Å². The van der Waals surface area contributed by atoms with Crippen molar-refractivity contribution in [3.63, 3.8) is 0 Å². The first kappa shape index (κ1) is 6.78. The van der Waals surface area contributed by atoms with Gasteiger partial charge in [0.25, 0.3) is 5.56 Å². The molecule has 0 spiro atoms. The van der Waals surface area contributed by atoms with Crippen LogP contribution >= 0.6 is 0 Å². The lowest BCUT2D eigenvalue weighted by Crippen LogP contribution is -2.06. The number of hydrogen-bond acceptors (Lipinski definition) is 4. The fourth-order valence-corrected chi connectivity index (χ4v) is 0.978. The Kier molecular flexibility index (Phi) is 1.30. The van der Waals surface area contributed by atoms with E-state index in [4.69, 9.17) is 0 Å². The summed E-state index contributed by atoms with van der Waals surface area (Å²) in [7, 11) is 0. The first-order valence-corrected chi connectivity index (χ1v) is 3.29. The van der Waals surface area contributed by atoms with Crippen LogP contribution in [0.3, 0.4) is 0 Å². The standard InChI is InChI=1S/C7H5N3O2/c11-5-2-8-1-4-6(5)9-3-10-7(4)12/h1-3,11H,(H,9,10,12). The molecule has 2 heterocycles. The van der Waals surface area contributed by atoms with E-state index < -0.39 is 0 Å². The van der Waals surface area contributed by atoms with Crippen molar-refractivity contribution < 1.29 is 5.11 Å². The second-order valence-corrected chi connectivity index (χ2v) is 2.29. The molecular formula is C7H5N3O2. The molecule has 2 N–H and O–H groups in total. The Morgan fingerprint density at radius 3 is 3.00 bits per heavy atom. The molecule has 12 heavy (non-hydrogen) atoms. The van der Waals surface area contributed by atoms with Crippen LogP contribution < -0.4 is 5.56 Å². The van der Waals surface area contributed by atoms with Crippen LogP contribution in [-0.2, 0) is 0 Å². The van der Waals surface area contributed by atoms with E-state index in [1.165, 1.54) is 18.7 Å². The zero-order valence-electron chi connectivity index (χ0n) is 5.98. The number of H-pyrrole nitrogens is 1. The lowest BCUT2D eigenvalue weighted by molar-refractivity contribution is 0.478. The quantitative estimate of drug-likeness (QED) is 0.574. The zero-order valence-corrected chi connectivity index (χ0v) is 5.98. The molecule has 5 heteroatoms. The SMILES string of the molecule is O=c1[nH]cnc2c(O)cncc12. The van der Waals surface area contributed by atoms with Gasteiger partial charge in [-0.2, -0.15) is 0 Å². The fourth-order valence-electron chi connectivity index (χ4n) is 0.978. The molecule has 60 valence electrons. The van der Waals surface area contributed by atoms with E-state index in [1.807, 2.05) is 0 Å². The van der Waals surface area contributed by atoms with Crippen LogP contribution in [0.2, 0.25) is 0 Å². The van der Waals surface area contributed by atoms with Crippen LogP contribution in [0.25, 0.3) is 10.9 Å². The number of aromatic nitrogens is 3. The third-order valence-corrected chi connectivity index (χ3v) is 1.53. The third kappa shape index (κ3) is 0.833. The van der Waals surface area contributed by atoms with Crippen LogP contribution in [0.15, 0.2) is 23.5 Å². The highest BCUT2D eigenvalue weighted by Crippen LogP contribution is 2.15. The molecule has 2 aromatic heterocycles. The Morgan fingerprint density at radius 2 is 2.25 bits per heavy atom. The largest absolute Gasteiger partial charge is 0.504 e. The average Bonchev–Trinajstić information content (AvgIpc) is 2.07. The number of aromatic amines is 1. The molecule has 0 unspecified atom stereocenters. The van der Waals surface area contributed by atoms with Gasteiger partial charge >= 0.3 is 0 Å². The normalized spacial score (nSPS) is 10.3. The summed E-state index contributed by atoms with van der Waals surface area (Å²) in [6, 6.07) is 0. The first-order chi connectivity index (χ1) is 5.79. The molecule has 2 rings (SSSR count). The minimum atomic E-state index is -0.302. The maximum absolute atomic E-state index is 11.1. The molecule has 0 aliphatic heterocycles. The molecular weight excluding hydrogens is 158 g/mol. The third-order valence-electron chi connectivity index (χ3n) is 1.53. The molecule has 0 fully saturated rings. The molecule has 0 aliphatic rings. The monoisotopic (exact) mass is 163 g/mol. The predicted octanol–water partition coefficient (Wildman–Crippen LogP) is 0.0237. The van der Waals surface area contributed by atoms with Crippen molar-refractivity contribution in [2.24, 2.45) is 0 Å². The number of nitrogens with zero attached hydrogens (tertiary/aromatic N) is 2. The minimum absolute atomic E-state index is 0.0846. The Hall–Kier alpha value is -1.91. The highest BCUT2D eigenvalue weighted by atomic mass is 16.3. The maximum Gasteiger partial charge on any atom is 0.260 e. The van der Waals surface area contributed by atoms with E-state index in [2.05, 4.69) is 15.0 Å². The van der Waals surface area contributed by atoms with Gasteiger partial charge in [0.1, 0.15) is 5.52 Å². The smallest absolute Gasteiger partial charge is 0.260 e. The van der Waals surface area contributed by atoms with Gasteiger partial charge in [-0.1, -0.05) is 0 Å². The molecule has 0 radical (unpaired) electrons. The van der Waals surface area contributed by atoms with Crippen molar-refractivity contribution in [1.29, 1.82) is 0 Å². The number of aromatic hydroxyl groups is 1. The molecule has 0 amide bonds. The molecule has 0 aromatic carbocycles. The molecule has 2 aromatic rings. The maximum atomic E-state index is 11.1. The number of fused-ring (bicyclic) bond motifs is 1. The van der Waals surface area contributed by atoms with Crippen molar-refractivity contribution in [3.8, 4) is 5.75 Å². The summed E-state index contributed by atoms with van der Waals surface area (Å²) in [6.45, 7) is 0. The average molecular weight is 163 g/mol. The summed E-state index contributed by atoms with van der Waals surface area (Å²) < 4.78 is 0. The van der Waals surface area contributed by atoms with Crippen molar-refractivity contribution in [2.45, 2.75) is 0 Å². The van der Waals surface area contributed by atoms with E-state index in [1.54, 1.807) is 0 Å². The predicted molar refractivity (Wildman–Crippen MR) is 41.8 cm³/mol. The Morgan fingerprint density at radius 1 is 1.42 bits per heavy atom. The summed E-state index contributed by atoms with van der Waals surface area (Å²) in [6.07, 6.45) is 3.85. The first-order valence-electron chi connectivity index (χ1n) is 3.29. The molecule has 5 nitrogen and oxygen atoms in total. The molecule has 0 bridgehead atoms. The summed E-state index contributed by atoms with van der Waals surface area (Å²) in [5.41, 5.74) is -0.0304. The van der Waals surface area contributed by atoms with E-state index in [9.17, 15) is 9.90 Å². The lowest BCUT2D eigenvalue weighted by Gasteiger charge is -1.95. The van der Waals surface area contributed by atoms with E-state index in [-0.39, 0.29) is 22.2 Å². The topological polar surface area (TPSA) is 78.9 Å². The van der Waals surface area contributed by atoms with Crippen LogP contribution in [-0.4, -0.2) is 20.1 Å². The van der Waals surface area contributed by atoms with Gasteiger partial charge in [-0.05, 0) is 0 Å². The summed E-state index contributed by atoms with van der Waals surface area (Å²) in [5, 5.41) is 9.51. The molecule has 0 saturated heterocycles. The van der Waals surface area contributed by atoms with E-state index in [0.29, 0.717) is 0 Å². The highest BCUT2D eigenvalue weighted by Gasteiger charge is 2.02. The lowest BCUT2D eigenvalue weighted by atomic mass is 10.3. The van der Waals surface area contributed by atoms with Crippen molar-refractivity contribution in [2.75, 3.05) is 0 Å². The summed E-state index contributed by atoms with van der Waals surface area (Å²) >= 11 is 0. The number of pyridine rings is 1. The number of hydrogen-bond donors (Lipinski definition) is 2. The van der Waals surface area contributed by atoms with Crippen molar-refractivity contribution in [1.82, 2.24) is 15.0 Å². The fraction of sp³-hybridized carbons (Fsp3) is 0. The molecule has 0 saturated carbocycles. The molecule has 0 atom stereocenters.